The third-order valence-corrected chi connectivity index (χ3v) is 3.94. The summed E-state index contributed by atoms with van der Waals surface area (Å²) in [6.07, 6.45) is 0. The zero-order valence-electron chi connectivity index (χ0n) is 12.4. The van der Waals surface area contributed by atoms with E-state index in [2.05, 4.69) is 60.0 Å². The van der Waals surface area contributed by atoms with Gasteiger partial charge in [0.25, 0.3) is 0 Å². The highest BCUT2D eigenvalue weighted by Crippen LogP contribution is 2.24. The maximum atomic E-state index is 9.38. The normalized spacial score (nSPS) is 10.8. The Morgan fingerprint density at radius 3 is 2.05 bits per heavy atom. The lowest BCUT2D eigenvalue weighted by Crippen LogP contribution is -1.99. The molecule has 21 heavy (non-hydrogen) atoms. The average Bonchev–Trinajstić information content (AvgIpc) is 2.82. The van der Waals surface area contributed by atoms with Crippen LogP contribution in [0.5, 0.6) is 0 Å². The first kappa shape index (κ1) is 13.7. The first-order valence-electron chi connectivity index (χ1n) is 7.15. The fourth-order valence-electron chi connectivity index (χ4n) is 2.82. The molecule has 0 amide bonds. The molecule has 1 aromatic heterocycles. The molecule has 0 atom stereocenters. The Morgan fingerprint density at radius 1 is 0.857 bits per heavy atom. The maximum Gasteiger partial charge on any atom is 0.0699 e. The zero-order valence-corrected chi connectivity index (χ0v) is 12.4. The van der Waals surface area contributed by atoms with E-state index in [9.17, 15) is 5.11 Å². The van der Waals surface area contributed by atoms with Crippen LogP contribution in [0.4, 0.5) is 0 Å². The van der Waals surface area contributed by atoms with Crippen LogP contribution in [-0.4, -0.2) is 9.67 Å². The van der Waals surface area contributed by atoms with Crippen molar-refractivity contribution in [3.8, 4) is 16.8 Å². The summed E-state index contributed by atoms with van der Waals surface area (Å²) in [6.45, 7) is 4.20. The van der Waals surface area contributed by atoms with Crippen LogP contribution in [0.25, 0.3) is 16.8 Å². The van der Waals surface area contributed by atoms with Crippen molar-refractivity contribution in [2.45, 2.75) is 20.5 Å². The molecule has 0 unspecified atom stereocenters. The molecule has 1 heterocycles. The summed E-state index contributed by atoms with van der Waals surface area (Å²) in [4.78, 5) is 0. The molecule has 0 radical (unpaired) electrons. The minimum absolute atomic E-state index is 0.0851. The number of benzene rings is 2. The molecular formula is C19H19NO. The Balaban J connectivity index is 2.00. The smallest absolute Gasteiger partial charge is 0.0699 e. The van der Waals surface area contributed by atoms with Gasteiger partial charge in [0.2, 0.25) is 0 Å². The Labute approximate surface area is 125 Å². The lowest BCUT2D eigenvalue weighted by atomic mass is 10.1. The van der Waals surface area contributed by atoms with E-state index < -0.39 is 0 Å². The number of aromatic nitrogens is 1. The van der Waals surface area contributed by atoms with Gasteiger partial charge in [0.15, 0.2) is 0 Å². The van der Waals surface area contributed by atoms with Crippen molar-refractivity contribution in [2.24, 2.45) is 0 Å². The number of aliphatic hydroxyl groups excluding tert-OH is 1. The molecule has 0 bridgehead atoms. The minimum atomic E-state index is 0.0851. The van der Waals surface area contributed by atoms with Crippen molar-refractivity contribution < 1.29 is 5.11 Å². The van der Waals surface area contributed by atoms with Crippen LogP contribution in [0.3, 0.4) is 0 Å². The van der Waals surface area contributed by atoms with Crippen molar-refractivity contribution in [1.29, 1.82) is 0 Å². The Morgan fingerprint density at radius 2 is 1.48 bits per heavy atom. The molecular weight excluding hydrogens is 258 g/mol. The lowest BCUT2D eigenvalue weighted by molar-refractivity contribution is 0.281. The highest BCUT2D eigenvalue weighted by molar-refractivity contribution is 5.64. The van der Waals surface area contributed by atoms with E-state index in [1.54, 1.807) is 0 Å². The van der Waals surface area contributed by atoms with E-state index in [-0.39, 0.29) is 6.61 Å². The lowest BCUT2D eigenvalue weighted by Gasteiger charge is -2.11. The highest BCUT2D eigenvalue weighted by atomic mass is 16.3. The van der Waals surface area contributed by atoms with Crippen LogP contribution >= 0.6 is 0 Å². The Hall–Kier alpha value is -2.32. The van der Waals surface area contributed by atoms with Gasteiger partial charge < -0.3 is 9.67 Å². The van der Waals surface area contributed by atoms with Crippen molar-refractivity contribution in [3.05, 3.63) is 77.6 Å². The van der Waals surface area contributed by atoms with Gasteiger partial charge in [0.05, 0.1) is 6.61 Å². The molecule has 3 aromatic rings. The van der Waals surface area contributed by atoms with E-state index in [4.69, 9.17) is 0 Å². The summed E-state index contributed by atoms with van der Waals surface area (Å²) in [5, 5.41) is 9.38. The number of aryl methyl sites for hydroxylation is 1. The van der Waals surface area contributed by atoms with Crippen LogP contribution in [0.1, 0.15) is 17.0 Å². The molecule has 2 nitrogen and oxygen atoms in total. The van der Waals surface area contributed by atoms with E-state index in [0.717, 1.165) is 22.6 Å². The van der Waals surface area contributed by atoms with E-state index >= 15 is 0 Å². The summed E-state index contributed by atoms with van der Waals surface area (Å²) in [5.74, 6) is 0. The number of hydrogen-bond acceptors (Lipinski definition) is 1. The highest BCUT2D eigenvalue weighted by Gasteiger charge is 2.09. The predicted octanol–water partition coefficient (Wildman–Crippen LogP) is 4.25. The van der Waals surface area contributed by atoms with Gasteiger partial charge >= 0.3 is 0 Å². The minimum Gasteiger partial charge on any atom is -0.392 e. The van der Waals surface area contributed by atoms with Gasteiger partial charge in [-0.3, -0.25) is 0 Å². The summed E-state index contributed by atoms with van der Waals surface area (Å²) in [7, 11) is 0. The average molecular weight is 277 g/mol. The first-order chi connectivity index (χ1) is 10.2. The second-order valence-electron chi connectivity index (χ2n) is 5.30. The SMILES string of the molecule is Cc1cc(CO)c(C)n1-c1ccc(-c2ccccc2)cc1. The van der Waals surface area contributed by atoms with Gasteiger partial charge in [0.1, 0.15) is 0 Å². The molecule has 0 aliphatic rings. The van der Waals surface area contributed by atoms with E-state index in [1.165, 1.54) is 11.1 Å². The second-order valence-corrected chi connectivity index (χ2v) is 5.30. The topological polar surface area (TPSA) is 25.2 Å². The molecule has 0 spiro atoms. The van der Waals surface area contributed by atoms with Crippen molar-refractivity contribution in [2.75, 3.05) is 0 Å². The molecule has 2 heteroatoms. The number of hydrogen-bond donors (Lipinski definition) is 1. The second kappa shape index (κ2) is 5.58. The monoisotopic (exact) mass is 277 g/mol. The van der Waals surface area contributed by atoms with Gasteiger partial charge in [-0.25, -0.2) is 0 Å². The van der Waals surface area contributed by atoms with Crippen molar-refractivity contribution >= 4 is 0 Å². The molecule has 0 aliphatic carbocycles. The van der Waals surface area contributed by atoms with Gasteiger partial charge in [-0.05, 0) is 48.7 Å². The standard InChI is InChI=1S/C19H19NO/c1-14-12-18(13-21)15(2)20(14)19-10-8-17(9-11-19)16-6-4-3-5-7-16/h3-12,21H,13H2,1-2H3. The van der Waals surface area contributed by atoms with E-state index in [0.29, 0.717) is 0 Å². The van der Waals surface area contributed by atoms with Crippen LogP contribution in [0.2, 0.25) is 0 Å². The van der Waals surface area contributed by atoms with Crippen LogP contribution in [-0.2, 0) is 6.61 Å². The third kappa shape index (κ3) is 2.50. The van der Waals surface area contributed by atoms with Crippen LogP contribution in [0, 0.1) is 13.8 Å². The number of nitrogens with zero attached hydrogens (tertiary/aromatic N) is 1. The fraction of sp³-hybridized carbons (Fsp3) is 0.158. The van der Waals surface area contributed by atoms with Gasteiger partial charge in [0, 0.05) is 17.1 Å². The molecule has 2 aromatic carbocycles. The largest absolute Gasteiger partial charge is 0.392 e. The summed E-state index contributed by atoms with van der Waals surface area (Å²) < 4.78 is 2.18. The molecule has 0 aliphatic heterocycles. The zero-order chi connectivity index (χ0) is 14.8. The molecule has 3 rings (SSSR count). The third-order valence-electron chi connectivity index (χ3n) is 3.94. The summed E-state index contributed by atoms with van der Waals surface area (Å²) in [6, 6.07) is 20.9. The molecule has 0 fully saturated rings. The van der Waals surface area contributed by atoms with Gasteiger partial charge in [-0.1, -0.05) is 42.5 Å². The number of rotatable bonds is 3. The van der Waals surface area contributed by atoms with E-state index in [1.807, 2.05) is 19.1 Å². The maximum absolute atomic E-state index is 9.38. The first-order valence-corrected chi connectivity index (χ1v) is 7.15. The molecule has 106 valence electrons. The van der Waals surface area contributed by atoms with Crippen LogP contribution < -0.4 is 0 Å². The number of aliphatic hydroxyl groups is 1. The molecule has 0 saturated heterocycles. The summed E-state index contributed by atoms with van der Waals surface area (Å²) >= 11 is 0. The Bertz CT molecular complexity index is 739. The van der Waals surface area contributed by atoms with Gasteiger partial charge in [-0.2, -0.15) is 0 Å². The van der Waals surface area contributed by atoms with Crippen LogP contribution in [0.15, 0.2) is 60.7 Å². The Kier molecular flexibility index (Phi) is 3.63. The van der Waals surface area contributed by atoms with Gasteiger partial charge in [-0.15, -0.1) is 0 Å². The predicted molar refractivity (Wildman–Crippen MR) is 86.6 cm³/mol. The van der Waals surface area contributed by atoms with Crippen molar-refractivity contribution in [1.82, 2.24) is 4.57 Å². The fourth-order valence-corrected chi connectivity index (χ4v) is 2.82. The van der Waals surface area contributed by atoms with Crippen molar-refractivity contribution in [3.63, 3.8) is 0 Å². The molecule has 1 N–H and O–H groups in total. The quantitative estimate of drug-likeness (QED) is 0.760. The molecule has 0 saturated carbocycles. The summed E-state index contributed by atoms with van der Waals surface area (Å²) in [5.41, 5.74) is 6.79.